The number of halogens is 2. The second-order valence-corrected chi connectivity index (χ2v) is 12.8. The Morgan fingerprint density at radius 1 is 1.16 bits per heavy atom. The summed E-state index contributed by atoms with van der Waals surface area (Å²) in [4.78, 5) is 28.8. The topological polar surface area (TPSA) is 100 Å². The van der Waals surface area contributed by atoms with Crippen LogP contribution in [-0.2, 0) is 20.7 Å². The normalized spacial score (nSPS) is 25.6. The number of unbranched alkanes of at least 4 members (excludes halogenated alkanes) is 1. The third-order valence-corrected chi connectivity index (χ3v) is 9.10. The van der Waals surface area contributed by atoms with Crippen LogP contribution in [0.15, 0.2) is 48.6 Å². The van der Waals surface area contributed by atoms with Gasteiger partial charge in [-0.3, -0.25) is 9.59 Å². The Bertz CT molecular complexity index is 1300. The summed E-state index contributed by atoms with van der Waals surface area (Å²) in [5, 5.41) is 19.1. The lowest BCUT2D eigenvalue weighted by atomic mass is 9.98. The highest BCUT2D eigenvalue weighted by atomic mass is 35.5. The molecule has 1 aliphatic carbocycles. The van der Waals surface area contributed by atoms with Crippen LogP contribution in [0.2, 0.25) is 10.0 Å². The minimum absolute atomic E-state index is 0.0769. The van der Waals surface area contributed by atoms with Crippen molar-refractivity contribution in [3.05, 3.63) is 75.3 Å². The number of benzene rings is 2. The molecule has 1 aliphatic heterocycles. The first-order valence-electron chi connectivity index (χ1n) is 15.5. The van der Waals surface area contributed by atoms with Crippen LogP contribution < -0.4 is 15.4 Å². The second-order valence-electron chi connectivity index (χ2n) is 11.9. The Morgan fingerprint density at radius 3 is 2.61 bits per heavy atom. The van der Waals surface area contributed by atoms with Crippen LogP contribution >= 0.6 is 23.2 Å². The Labute approximate surface area is 271 Å². The lowest BCUT2D eigenvalue weighted by molar-refractivity contribution is -0.142. The summed E-state index contributed by atoms with van der Waals surface area (Å²) in [6.07, 6.45) is 6.70. The molecule has 8 nitrogen and oxygen atoms in total. The molecule has 0 aromatic heterocycles. The van der Waals surface area contributed by atoms with Gasteiger partial charge in [0.25, 0.3) is 0 Å². The van der Waals surface area contributed by atoms with E-state index in [1.165, 1.54) is 0 Å². The van der Waals surface area contributed by atoms with E-state index in [4.69, 9.17) is 32.7 Å². The van der Waals surface area contributed by atoms with E-state index in [0.717, 1.165) is 41.7 Å². The number of β-amino-alcohol motifs (C(OH)–C–C–N with tert-alkyl or cyclic N) is 1. The van der Waals surface area contributed by atoms with Crippen molar-refractivity contribution in [1.29, 1.82) is 0 Å². The minimum Gasteiger partial charge on any atom is -0.497 e. The van der Waals surface area contributed by atoms with Crippen LogP contribution in [0.5, 0.6) is 5.75 Å². The van der Waals surface area contributed by atoms with Gasteiger partial charge in [0.05, 0.1) is 32.0 Å². The number of aliphatic hydroxyl groups excluding tert-OH is 1. The van der Waals surface area contributed by atoms with E-state index in [9.17, 15) is 14.7 Å². The molecule has 0 saturated carbocycles. The maximum absolute atomic E-state index is 13.9. The number of amides is 2. The molecule has 2 aliphatic rings. The fourth-order valence-corrected chi connectivity index (χ4v) is 6.66. The van der Waals surface area contributed by atoms with Crippen molar-refractivity contribution in [3.63, 3.8) is 0 Å². The largest absolute Gasteiger partial charge is 0.497 e. The molecule has 0 unspecified atom stereocenters. The molecule has 240 valence electrons. The fourth-order valence-electron chi connectivity index (χ4n) is 6.09. The van der Waals surface area contributed by atoms with E-state index in [1.54, 1.807) is 37.3 Å². The molecule has 2 aromatic carbocycles. The van der Waals surface area contributed by atoms with Gasteiger partial charge in [-0.25, -0.2) is 0 Å². The minimum atomic E-state index is -0.962. The van der Waals surface area contributed by atoms with E-state index in [2.05, 4.69) is 17.6 Å². The maximum Gasteiger partial charge on any atom is 0.243 e. The van der Waals surface area contributed by atoms with Crippen LogP contribution in [0.25, 0.3) is 0 Å². The van der Waals surface area contributed by atoms with Crippen molar-refractivity contribution in [2.75, 3.05) is 27.3 Å². The molecule has 0 fully saturated rings. The van der Waals surface area contributed by atoms with Gasteiger partial charge in [-0.1, -0.05) is 68.1 Å². The van der Waals surface area contributed by atoms with Crippen LogP contribution in [0.4, 0.5) is 0 Å². The summed E-state index contributed by atoms with van der Waals surface area (Å²) in [5.41, 5.74) is 2.93. The molecule has 6 atom stereocenters. The lowest BCUT2D eigenvalue weighted by Gasteiger charge is -2.32. The van der Waals surface area contributed by atoms with Gasteiger partial charge in [0.15, 0.2) is 0 Å². The zero-order chi connectivity index (χ0) is 31.8. The number of methoxy groups -OCH3 is 1. The standard InChI is InChI=1S/C34H45Cl2N3O5/c1-5-6-9-21(2)34(42)39(3)30-10-7-8-13-44-32-19-28(27-18-25(43-4)11-12-26(27)32)37-20-31(40)29(38-33(30)41)16-22-14-23(35)17-24(36)15-22/h7-8,11-12,14-15,17-18,21,28-32,37,40H,5-6,9-10,13,16,19-20H2,1-4H3,(H,38,41)/b8-7+/t21-,28-,29-,30-,31+,32+/m0/s1. The van der Waals surface area contributed by atoms with Crippen LogP contribution in [0.3, 0.4) is 0 Å². The number of likely N-dealkylation sites (N-methyl/N-ethyl adjacent to an activating group) is 1. The van der Waals surface area contributed by atoms with E-state index >= 15 is 0 Å². The number of nitrogens with one attached hydrogen (secondary N) is 2. The number of ether oxygens (including phenoxy) is 2. The van der Waals surface area contributed by atoms with Crippen molar-refractivity contribution in [1.82, 2.24) is 15.5 Å². The molecule has 0 spiro atoms. The van der Waals surface area contributed by atoms with E-state index in [1.807, 2.05) is 37.3 Å². The highest BCUT2D eigenvalue weighted by Gasteiger charge is 2.35. The first-order chi connectivity index (χ1) is 21.1. The van der Waals surface area contributed by atoms with Gasteiger partial charge >= 0.3 is 0 Å². The number of carbonyl (C=O) groups is 2. The highest BCUT2D eigenvalue weighted by Crippen LogP contribution is 2.42. The van der Waals surface area contributed by atoms with E-state index in [-0.39, 0.29) is 36.4 Å². The number of fused-ring (bicyclic) bond motifs is 5. The van der Waals surface area contributed by atoms with Crippen LogP contribution in [-0.4, -0.2) is 67.3 Å². The first-order valence-corrected chi connectivity index (χ1v) is 16.2. The predicted octanol–water partition coefficient (Wildman–Crippen LogP) is 5.80. The summed E-state index contributed by atoms with van der Waals surface area (Å²) in [6, 6.07) is 9.66. The quantitative estimate of drug-likeness (QED) is 0.314. The smallest absolute Gasteiger partial charge is 0.243 e. The Kier molecular flexibility index (Phi) is 12.5. The molecule has 44 heavy (non-hydrogen) atoms. The van der Waals surface area contributed by atoms with Crippen molar-refractivity contribution in [3.8, 4) is 5.75 Å². The average molecular weight is 647 g/mol. The number of hydrogen-bond acceptors (Lipinski definition) is 6. The summed E-state index contributed by atoms with van der Waals surface area (Å²) >= 11 is 12.6. The number of nitrogens with zero attached hydrogens (tertiary/aromatic N) is 1. The second kappa shape index (κ2) is 16.1. The predicted molar refractivity (Wildman–Crippen MR) is 174 cm³/mol. The molecule has 1 heterocycles. The zero-order valence-electron chi connectivity index (χ0n) is 26.0. The third kappa shape index (κ3) is 8.76. The van der Waals surface area contributed by atoms with Crippen LogP contribution in [0, 0.1) is 5.92 Å². The molecule has 4 rings (SSSR count). The first kappa shape index (κ1) is 34.3. The summed E-state index contributed by atoms with van der Waals surface area (Å²) in [7, 11) is 3.32. The maximum atomic E-state index is 13.9. The van der Waals surface area contributed by atoms with Gasteiger partial charge in [0.2, 0.25) is 11.8 Å². The van der Waals surface area contributed by atoms with Crippen LogP contribution in [0.1, 0.15) is 74.8 Å². The summed E-state index contributed by atoms with van der Waals surface area (Å²) < 4.78 is 11.8. The Morgan fingerprint density at radius 2 is 1.91 bits per heavy atom. The SMILES string of the molecule is CCCC[C@H](C)C(=O)N(C)[C@H]1C/C=C/CO[C@@H]2C[C@H](NC[C@@H](O)[C@H](Cc3cc(Cl)cc(Cl)c3)NC1=O)c1cc(OC)ccc12. The Hall–Kier alpha value is -2.62. The van der Waals surface area contributed by atoms with Gasteiger partial charge in [0.1, 0.15) is 11.8 Å². The molecule has 2 aromatic rings. The molecule has 2 bridgehead atoms. The Balaban J connectivity index is 1.64. The molecule has 3 N–H and O–H groups in total. The average Bonchev–Trinajstić information content (AvgIpc) is 3.34. The summed E-state index contributed by atoms with van der Waals surface area (Å²) in [6.45, 7) is 4.57. The van der Waals surface area contributed by atoms with Crippen molar-refractivity contribution in [2.45, 2.75) is 82.7 Å². The van der Waals surface area contributed by atoms with E-state index < -0.39 is 18.2 Å². The summed E-state index contributed by atoms with van der Waals surface area (Å²) in [5.74, 6) is 0.136. The van der Waals surface area contributed by atoms with Gasteiger partial charge in [0, 0.05) is 35.6 Å². The third-order valence-electron chi connectivity index (χ3n) is 8.66. The molecular weight excluding hydrogens is 601 g/mol. The van der Waals surface area contributed by atoms with Gasteiger partial charge in [-0.15, -0.1) is 0 Å². The number of carbonyl (C=O) groups excluding carboxylic acids is 2. The van der Waals surface area contributed by atoms with Gasteiger partial charge < -0.3 is 30.1 Å². The molecule has 0 radical (unpaired) electrons. The lowest BCUT2D eigenvalue weighted by Crippen LogP contribution is -2.55. The molecular formula is C34H45Cl2N3O5. The zero-order valence-corrected chi connectivity index (χ0v) is 27.5. The van der Waals surface area contributed by atoms with Crippen molar-refractivity contribution >= 4 is 35.0 Å². The molecule has 10 heteroatoms. The number of aliphatic hydroxyl groups is 1. The monoisotopic (exact) mass is 645 g/mol. The molecule has 2 amide bonds. The van der Waals surface area contributed by atoms with Crippen molar-refractivity contribution in [2.24, 2.45) is 5.92 Å². The van der Waals surface area contributed by atoms with Gasteiger partial charge in [-0.2, -0.15) is 0 Å². The fraction of sp³-hybridized carbons (Fsp3) is 0.529. The molecule has 0 saturated heterocycles. The van der Waals surface area contributed by atoms with Gasteiger partial charge in [-0.05, 0) is 72.7 Å². The van der Waals surface area contributed by atoms with Crippen molar-refractivity contribution < 1.29 is 24.2 Å². The highest BCUT2D eigenvalue weighted by molar-refractivity contribution is 6.34. The number of hydrogen-bond donors (Lipinski definition) is 3. The number of rotatable bonds is 8. The van der Waals surface area contributed by atoms with E-state index in [0.29, 0.717) is 35.9 Å².